The van der Waals surface area contributed by atoms with Crippen LogP contribution in [0.5, 0.6) is 0 Å². The number of aromatic nitrogens is 2. The van der Waals surface area contributed by atoms with Crippen molar-refractivity contribution in [1.82, 2.24) is 15.1 Å². The molecule has 1 saturated heterocycles. The minimum absolute atomic E-state index is 0.125. The van der Waals surface area contributed by atoms with Crippen LogP contribution in [0.2, 0.25) is 0 Å². The number of hydrogen-bond acceptors (Lipinski definition) is 5. The Bertz CT molecular complexity index is 1420. The highest BCUT2D eigenvalue weighted by atomic mass is 32.2. The van der Waals surface area contributed by atoms with Gasteiger partial charge in [0.05, 0.1) is 18.0 Å². The molecule has 3 aliphatic rings. The number of benzene rings is 2. The predicted octanol–water partition coefficient (Wildman–Crippen LogP) is 5.23. The van der Waals surface area contributed by atoms with E-state index in [0.717, 1.165) is 47.1 Å². The van der Waals surface area contributed by atoms with E-state index in [9.17, 15) is 22.2 Å². The van der Waals surface area contributed by atoms with Crippen LogP contribution < -0.4 is 10.2 Å². The fourth-order valence-electron chi connectivity index (χ4n) is 5.09. The zero-order valence-corrected chi connectivity index (χ0v) is 23.4. The van der Waals surface area contributed by atoms with Crippen molar-refractivity contribution < 1.29 is 22.2 Å². The molecular formula is C30H32F3N5O2S. The summed E-state index contributed by atoms with van der Waals surface area (Å²) in [4.78, 5) is 14.0. The molecule has 0 bridgehead atoms. The Morgan fingerprint density at radius 1 is 1.00 bits per heavy atom. The molecule has 1 aliphatic heterocycles. The zero-order chi connectivity index (χ0) is 29.0. The molecule has 1 atom stereocenters. The maximum atomic E-state index is 13.1. The third kappa shape index (κ3) is 7.36. The van der Waals surface area contributed by atoms with Gasteiger partial charge in [-0.15, -0.1) is 0 Å². The maximum absolute atomic E-state index is 13.1. The molecule has 7 nitrogen and oxygen atoms in total. The zero-order valence-electron chi connectivity index (χ0n) is 22.6. The van der Waals surface area contributed by atoms with Gasteiger partial charge in [0.25, 0.3) is 0 Å². The quantitative estimate of drug-likeness (QED) is 0.444. The summed E-state index contributed by atoms with van der Waals surface area (Å²) in [5, 5.41) is 15.7. The van der Waals surface area contributed by atoms with E-state index in [1.807, 2.05) is 18.5 Å². The monoisotopic (exact) mass is 583 g/mol. The third-order valence-corrected chi connectivity index (χ3v) is 9.03. The van der Waals surface area contributed by atoms with Gasteiger partial charge >= 0.3 is 0 Å². The third-order valence-electron chi connectivity index (χ3n) is 7.75. The number of carbonyl (C=O) groups is 1. The summed E-state index contributed by atoms with van der Waals surface area (Å²) < 4.78 is 52.4. The Balaban J connectivity index is 0.000000182. The van der Waals surface area contributed by atoms with Crippen LogP contribution in [0.4, 0.5) is 18.9 Å². The largest absolute Gasteiger partial charge is 0.370 e. The normalized spacial score (nSPS) is 21.2. The Kier molecular flexibility index (Phi) is 8.50. The Morgan fingerprint density at radius 3 is 2.27 bits per heavy atom. The highest BCUT2D eigenvalue weighted by Gasteiger charge is 2.47. The molecule has 1 aromatic heterocycles. The van der Waals surface area contributed by atoms with Gasteiger partial charge in [0, 0.05) is 71.6 Å². The van der Waals surface area contributed by atoms with E-state index in [1.54, 1.807) is 16.8 Å². The molecule has 41 heavy (non-hydrogen) atoms. The second kappa shape index (κ2) is 12.1. The van der Waals surface area contributed by atoms with Gasteiger partial charge in [0.15, 0.2) is 0 Å². The van der Waals surface area contributed by atoms with Crippen molar-refractivity contribution >= 4 is 22.4 Å². The fraction of sp³-hybridized carbons (Fsp3) is 0.433. The molecule has 1 N–H and O–H groups in total. The molecule has 2 aliphatic carbocycles. The van der Waals surface area contributed by atoms with E-state index < -0.39 is 28.2 Å². The van der Waals surface area contributed by atoms with Crippen molar-refractivity contribution in [2.24, 2.45) is 5.92 Å². The van der Waals surface area contributed by atoms with E-state index in [4.69, 9.17) is 5.26 Å². The molecule has 6 rings (SSSR count). The number of anilines is 1. The summed E-state index contributed by atoms with van der Waals surface area (Å²) in [6, 6.07) is 16.6. The average Bonchev–Trinajstić information content (AvgIpc) is 3.57. The van der Waals surface area contributed by atoms with Gasteiger partial charge in [-0.2, -0.15) is 10.4 Å². The van der Waals surface area contributed by atoms with Gasteiger partial charge in [-0.3, -0.25) is 9.00 Å². The van der Waals surface area contributed by atoms with Crippen molar-refractivity contribution in [1.29, 1.82) is 5.26 Å². The van der Waals surface area contributed by atoms with Crippen LogP contribution in [0.15, 0.2) is 60.9 Å². The standard InChI is InChI=1S/C19H18FN3OS.C11H14F2N2O/c20-17-3-7-19(8-4-17)23-14-16(13-21-23)15-1-5-18(6-2-15)22-9-11-25(24)12-10-22;12-11(13)3-1-2-8(6-11)9(16)15-10(7-14)4-5-10/h1-8,13-14H,9-12H2;8H,1-6H2,(H,15,16). The number of nitrogens with zero attached hydrogens (tertiary/aromatic N) is 4. The molecular weight excluding hydrogens is 551 g/mol. The van der Waals surface area contributed by atoms with Gasteiger partial charge in [-0.1, -0.05) is 12.1 Å². The summed E-state index contributed by atoms with van der Waals surface area (Å²) in [5.41, 5.74) is 3.33. The van der Waals surface area contributed by atoms with Crippen molar-refractivity contribution in [2.75, 3.05) is 29.5 Å². The fourth-order valence-corrected chi connectivity index (χ4v) is 6.14. The van der Waals surface area contributed by atoms with Crippen molar-refractivity contribution in [3.63, 3.8) is 0 Å². The molecule has 1 unspecified atom stereocenters. The molecule has 0 spiro atoms. The molecule has 2 heterocycles. The van der Waals surface area contributed by atoms with E-state index in [1.165, 1.54) is 12.1 Å². The first-order valence-corrected chi connectivity index (χ1v) is 15.3. The van der Waals surface area contributed by atoms with Crippen LogP contribution in [0, 0.1) is 23.1 Å². The lowest BCUT2D eigenvalue weighted by atomic mass is 9.86. The highest BCUT2D eigenvalue weighted by molar-refractivity contribution is 7.85. The Hall–Kier alpha value is -3.65. The molecule has 3 fully saturated rings. The topological polar surface area (TPSA) is 91.0 Å². The molecule has 3 aromatic rings. The second-order valence-corrected chi connectivity index (χ2v) is 12.6. The van der Waals surface area contributed by atoms with E-state index in [2.05, 4.69) is 39.6 Å². The van der Waals surface area contributed by atoms with Crippen LogP contribution >= 0.6 is 0 Å². The van der Waals surface area contributed by atoms with Crippen molar-refractivity contribution in [2.45, 2.75) is 50.0 Å². The number of amides is 1. The number of halogens is 3. The number of rotatable bonds is 5. The van der Waals surface area contributed by atoms with E-state index in [-0.39, 0.29) is 24.6 Å². The van der Waals surface area contributed by atoms with Crippen LogP contribution in [-0.2, 0) is 15.6 Å². The molecule has 11 heteroatoms. The average molecular weight is 584 g/mol. The van der Waals surface area contributed by atoms with E-state index >= 15 is 0 Å². The predicted molar refractivity (Wildman–Crippen MR) is 152 cm³/mol. The Labute approximate surface area is 239 Å². The summed E-state index contributed by atoms with van der Waals surface area (Å²) in [6.07, 6.45) is 5.40. The Morgan fingerprint density at radius 2 is 1.66 bits per heavy atom. The molecule has 1 amide bonds. The summed E-state index contributed by atoms with van der Waals surface area (Å²) in [6.45, 7) is 1.68. The van der Waals surface area contributed by atoms with Crippen LogP contribution in [0.1, 0.15) is 38.5 Å². The summed E-state index contributed by atoms with van der Waals surface area (Å²) >= 11 is 0. The highest BCUT2D eigenvalue weighted by Crippen LogP contribution is 2.39. The second-order valence-electron chi connectivity index (χ2n) is 10.9. The van der Waals surface area contributed by atoms with Gasteiger partial charge < -0.3 is 10.2 Å². The first-order valence-electron chi connectivity index (χ1n) is 13.8. The van der Waals surface area contributed by atoms with Crippen molar-refractivity contribution in [3.05, 3.63) is 66.7 Å². The molecule has 2 aromatic carbocycles. The number of alkyl halides is 2. The smallest absolute Gasteiger partial charge is 0.248 e. The summed E-state index contributed by atoms with van der Waals surface area (Å²) in [5.74, 6) is -2.50. The number of carbonyl (C=O) groups excluding carboxylic acids is 1. The lowest BCUT2D eigenvalue weighted by Crippen LogP contribution is -2.43. The SMILES string of the molecule is N#CC1(NC(=O)C2CCCC(F)(F)C2)CC1.O=S1CCN(c2ccc(-c3cnn(-c4ccc(F)cc4)c3)cc2)CC1. The van der Waals surface area contributed by atoms with Gasteiger partial charge in [-0.05, 0) is 67.6 Å². The number of nitrogens with one attached hydrogen (secondary N) is 1. The molecule has 2 saturated carbocycles. The van der Waals surface area contributed by atoms with Gasteiger partial charge in [0.2, 0.25) is 11.8 Å². The lowest BCUT2D eigenvalue weighted by molar-refractivity contribution is -0.132. The van der Waals surface area contributed by atoms with Crippen LogP contribution in [0.3, 0.4) is 0 Å². The van der Waals surface area contributed by atoms with Crippen LogP contribution in [0.25, 0.3) is 16.8 Å². The van der Waals surface area contributed by atoms with Crippen molar-refractivity contribution in [3.8, 4) is 22.9 Å². The number of hydrogen-bond donors (Lipinski definition) is 1. The van der Waals surface area contributed by atoms with E-state index in [0.29, 0.717) is 25.7 Å². The minimum Gasteiger partial charge on any atom is -0.370 e. The van der Waals surface area contributed by atoms with Gasteiger partial charge in [-0.25, -0.2) is 17.9 Å². The first-order chi connectivity index (χ1) is 19.7. The van der Waals surface area contributed by atoms with Crippen LogP contribution in [-0.4, -0.2) is 56.0 Å². The molecule has 216 valence electrons. The first kappa shape index (κ1) is 28.9. The number of nitriles is 1. The minimum atomic E-state index is -2.72. The van der Waals surface area contributed by atoms with Gasteiger partial charge in [0.1, 0.15) is 11.4 Å². The lowest BCUT2D eigenvalue weighted by Gasteiger charge is -2.28. The summed E-state index contributed by atoms with van der Waals surface area (Å²) in [7, 11) is -0.662. The molecule has 0 radical (unpaired) electrons. The maximum Gasteiger partial charge on any atom is 0.248 e.